The number of hydrogen-bond acceptors (Lipinski definition) is 3. The summed E-state index contributed by atoms with van der Waals surface area (Å²) in [7, 11) is 1.99. The molecule has 1 N–H and O–H groups in total. The number of nitrogens with one attached hydrogen (secondary N) is 1. The third kappa shape index (κ3) is 4.82. The predicted molar refractivity (Wildman–Crippen MR) is 135 cm³/mol. The van der Waals surface area contributed by atoms with Crippen LogP contribution in [0.1, 0.15) is 34.5 Å². The lowest BCUT2D eigenvalue weighted by Gasteiger charge is -2.32. The van der Waals surface area contributed by atoms with Gasteiger partial charge in [-0.05, 0) is 61.2 Å². The monoisotopic (exact) mass is 453 g/mol. The fourth-order valence-corrected chi connectivity index (χ4v) is 4.69. The highest BCUT2D eigenvalue weighted by Crippen LogP contribution is 2.23. The van der Waals surface area contributed by atoms with Gasteiger partial charge in [0.05, 0.1) is 11.4 Å². The van der Waals surface area contributed by atoms with Gasteiger partial charge < -0.3 is 9.88 Å². The van der Waals surface area contributed by atoms with Gasteiger partial charge in [-0.3, -0.25) is 9.69 Å². The van der Waals surface area contributed by atoms with E-state index in [1.807, 2.05) is 61.1 Å². The number of aryl methyl sites for hydroxylation is 2. The molecule has 6 nitrogen and oxygen atoms in total. The highest BCUT2D eigenvalue weighted by Gasteiger charge is 2.24. The van der Waals surface area contributed by atoms with Crippen molar-refractivity contribution in [1.29, 1.82) is 0 Å². The molecule has 0 atom stereocenters. The van der Waals surface area contributed by atoms with Crippen LogP contribution in [0.3, 0.4) is 0 Å². The Morgan fingerprint density at radius 1 is 1.00 bits per heavy atom. The number of carbonyl (C=O) groups excluding carboxylic acids is 1. The predicted octanol–water partition coefficient (Wildman–Crippen LogP) is 4.58. The Hall–Kier alpha value is -3.64. The van der Waals surface area contributed by atoms with Gasteiger partial charge in [0.1, 0.15) is 11.4 Å². The average molecular weight is 454 g/mol. The van der Waals surface area contributed by atoms with Gasteiger partial charge in [0, 0.05) is 38.9 Å². The Bertz CT molecular complexity index is 1260. The van der Waals surface area contributed by atoms with Gasteiger partial charge in [-0.1, -0.05) is 42.5 Å². The molecule has 6 heteroatoms. The summed E-state index contributed by atoms with van der Waals surface area (Å²) < 4.78 is 3.79. The van der Waals surface area contributed by atoms with Crippen LogP contribution in [0.5, 0.6) is 0 Å². The van der Waals surface area contributed by atoms with Gasteiger partial charge >= 0.3 is 0 Å². The summed E-state index contributed by atoms with van der Waals surface area (Å²) in [5.74, 6) is -0.0732. The van der Waals surface area contributed by atoms with Crippen LogP contribution >= 0.6 is 0 Å². The lowest BCUT2D eigenvalue weighted by Crippen LogP contribution is -2.44. The molecule has 1 amide bonds. The molecule has 4 aromatic rings. The van der Waals surface area contributed by atoms with Crippen molar-refractivity contribution >= 4 is 5.91 Å². The standard InChI is InChI=1S/C28H31N5O/c1-21-8-6-11-24(18-21)33-27(19-25(30-33)26-12-7-15-31(26)2)28(34)29-23-13-16-32(17-14-23)20-22-9-4-3-5-10-22/h3-12,15,18-19,23H,13-14,16-17,20H2,1-2H3,(H,29,34). The Balaban J connectivity index is 1.32. The quantitative estimate of drug-likeness (QED) is 0.465. The van der Waals surface area contributed by atoms with E-state index in [2.05, 4.69) is 46.6 Å². The molecule has 0 radical (unpaired) electrons. The van der Waals surface area contributed by atoms with Crippen molar-refractivity contribution in [1.82, 2.24) is 24.6 Å². The Labute approximate surface area is 200 Å². The fraction of sp³-hybridized carbons (Fsp3) is 0.286. The summed E-state index contributed by atoms with van der Waals surface area (Å²) >= 11 is 0. The van der Waals surface area contributed by atoms with Gasteiger partial charge in [0.15, 0.2) is 0 Å². The molecule has 34 heavy (non-hydrogen) atoms. The van der Waals surface area contributed by atoms with Crippen molar-refractivity contribution in [3.8, 4) is 17.1 Å². The zero-order chi connectivity index (χ0) is 23.5. The van der Waals surface area contributed by atoms with Crippen molar-refractivity contribution in [2.45, 2.75) is 32.4 Å². The molecule has 1 aliphatic rings. The number of nitrogens with zero attached hydrogens (tertiary/aromatic N) is 4. The number of amides is 1. The maximum absolute atomic E-state index is 13.4. The SMILES string of the molecule is Cc1cccc(-n2nc(-c3cccn3C)cc2C(=O)NC2CCN(Cc3ccccc3)CC2)c1. The molecular weight excluding hydrogens is 422 g/mol. The number of aromatic nitrogens is 3. The number of hydrogen-bond donors (Lipinski definition) is 1. The largest absolute Gasteiger partial charge is 0.349 e. The summed E-state index contributed by atoms with van der Waals surface area (Å²) in [5, 5.41) is 8.11. The summed E-state index contributed by atoms with van der Waals surface area (Å²) in [6, 6.07) is 24.7. The molecule has 2 aromatic carbocycles. The molecule has 2 aromatic heterocycles. The molecule has 0 spiro atoms. The maximum atomic E-state index is 13.4. The molecule has 0 unspecified atom stereocenters. The highest BCUT2D eigenvalue weighted by atomic mass is 16.2. The van der Waals surface area contributed by atoms with Crippen LogP contribution in [0, 0.1) is 6.92 Å². The van der Waals surface area contributed by atoms with Crippen molar-refractivity contribution < 1.29 is 4.79 Å². The molecule has 1 fully saturated rings. The van der Waals surface area contributed by atoms with Crippen LogP contribution in [-0.2, 0) is 13.6 Å². The lowest BCUT2D eigenvalue weighted by molar-refractivity contribution is 0.0901. The topological polar surface area (TPSA) is 55.1 Å². The van der Waals surface area contributed by atoms with Crippen molar-refractivity contribution in [3.63, 3.8) is 0 Å². The summed E-state index contributed by atoms with van der Waals surface area (Å²) in [6.45, 7) is 4.97. The van der Waals surface area contributed by atoms with E-state index in [1.54, 1.807) is 4.68 Å². The van der Waals surface area contributed by atoms with E-state index in [4.69, 9.17) is 5.10 Å². The van der Waals surface area contributed by atoms with Crippen LogP contribution < -0.4 is 5.32 Å². The fourth-order valence-electron chi connectivity index (χ4n) is 4.69. The van der Waals surface area contributed by atoms with E-state index in [0.717, 1.165) is 55.1 Å². The molecule has 1 saturated heterocycles. The van der Waals surface area contributed by atoms with Crippen molar-refractivity contribution in [3.05, 3.63) is 95.8 Å². The number of piperidine rings is 1. The van der Waals surface area contributed by atoms with Gasteiger partial charge in [-0.25, -0.2) is 4.68 Å². The lowest BCUT2D eigenvalue weighted by atomic mass is 10.0. The van der Waals surface area contributed by atoms with E-state index in [1.165, 1.54) is 5.56 Å². The Kier molecular flexibility index (Phi) is 6.32. The molecule has 5 rings (SSSR count). The minimum absolute atomic E-state index is 0.0732. The average Bonchev–Trinajstić information content (AvgIpc) is 3.47. The summed E-state index contributed by atoms with van der Waals surface area (Å²) in [4.78, 5) is 15.9. The first-order valence-corrected chi connectivity index (χ1v) is 11.9. The van der Waals surface area contributed by atoms with Crippen LogP contribution in [-0.4, -0.2) is 44.3 Å². The summed E-state index contributed by atoms with van der Waals surface area (Å²) in [5.41, 5.74) is 5.69. The number of carbonyl (C=O) groups is 1. The van der Waals surface area contributed by atoms with E-state index in [-0.39, 0.29) is 11.9 Å². The maximum Gasteiger partial charge on any atom is 0.270 e. The first-order valence-electron chi connectivity index (χ1n) is 11.9. The molecule has 174 valence electrons. The van der Waals surface area contributed by atoms with Gasteiger partial charge in [-0.2, -0.15) is 5.10 Å². The van der Waals surface area contributed by atoms with E-state index < -0.39 is 0 Å². The Morgan fingerprint density at radius 3 is 2.50 bits per heavy atom. The smallest absolute Gasteiger partial charge is 0.270 e. The van der Waals surface area contributed by atoms with Crippen molar-refractivity contribution in [2.24, 2.45) is 7.05 Å². The second kappa shape index (κ2) is 9.69. The van der Waals surface area contributed by atoms with E-state index in [9.17, 15) is 4.79 Å². The van der Waals surface area contributed by atoms with Crippen LogP contribution in [0.25, 0.3) is 17.1 Å². The summed E-state index contributed by atoms with van der Waals surface area (Å²) in [6.07, 6.45) is 3.88. The minimum Gasteiger partial charge on any atom is -0.349 e. The first kappa shape index (κ1) is 22.2. The van der Waals surface area contributed by atoms with Crippen LogP contribution in [0.4, 0.5) is 0 Å². The van der Waals surface area contributed by atoms with Crippen molar-refractivity contribution in [2.75, 3.05) is 13.1 Å². The van der Waals surface area contributed by atoms with Gasteiger partial charge in [0.2, 0.25) is 0 Å². The van der Waals surface area contributed by atoms with Gasteiger partial charge in [0.25, 0.3) is 5.91 Å². The second-order valence-corrected chi connectivity index (χ2v) is 9.18. The molecule has 1 aliphatic heterocycles. The van der Waals surface area contributed by atoms with Crippen LogP contribution in [0.15, 0.2) is 79.0 Å². The molecule has 0 aliphatic carbocycles. The molecule has 0 bridgehead atoms. The normalized spacial score (nSPS) is 14.9. The zero-order valence-electron chi connectivity index (χ0n) is 19.8. The van der Waals surface area contributed by atoms with Crippen LogP contribution in [0.2, 0.25) is 0 Å². The van der Waals surface area contributed by atoms with E-state index in [0.29, 0.717) is 5.69 Å². The molecule has 3 heterocycles. The number of benzene rings is 2. The zero-order valence-corrected chi connectivity index (χ0v) is 19.8. The highest BCUT2D eigenvalue weighted by molar-refractivity contribution is 5.94. The first-order chi connectivity index (χ1) is 16.6. The molecular formula is C28H31N5O. The van der Waals surface area contributed by atoms with Gasteiger partial charge in [-0.15, -0.1) is 0 Å². The Morgan fingerprint density at radius 2 is 1.79 bits per heavy atom. The third-order valence-electron chi connectivity index (χ3n) is 6.57. The minimum atomic E-state index is -0.0732. The third-order valence-corrected chi connectivity index (χ3v) is 6.57. The second-order valence-electron chi connectivity index (χ2n) is 9.18. The number of likely N-dealkylation sites (tertiary alicyclic amines) is 1. The van der Waals surface area contributed by atoms with E-state index >= 15 is 0 Å². The number of rotatable bonds is 6. The molecule has 0 saturated carbocycles.